The van der Waals surface area contributed by atoms with E-state index < -0.39 is 25.7 Å². The fraction of sp³-hybridized carbons (Fsp3) is 0.500. The lowest BCUT2D eigenvalue weighted by atomic mass is 10.4. The summed E-state index contributed by atoms with van der Waals surface area (Å²) >= 11 is 0. The minimum atomic E-state index is -4.14. The quantitative estimate of drug-likeness (QED) is 0.520. The molecule has 4 N–H and O–H groups in total. The molecule has 0 spiro atoms. The number of aromatic amines is 1. The van der Waals surface area contributed by atoms with Gasteiger partial charge in [-0.1, -0.05) is 0 Å². The van der Waals surface area contributed by atoms with Gasteiger partial charge in [0.15, 0.2) is 0 Å². The Balaban J connectivity index is 2.36. The highest BCUT2D eigenvalue weighted by Crippen LogP contribution is 2.34. The third kappa shape index (κ3) is 6.18. The summed E-state index contributed by atoms with van der Waals surface area (Å²) in [5.41, 5.74) is -0.473. The van der Waals surface area contributed by atoms with Crippen molar-refractivity contribution in [3.05, 3.63) is 22.7 Å². The Morgan fingerprint density at radius 1 is 1.65 bits per heavy atom. The van der Waals surface area contributed by atoms with Crippen molar-refractivity contribution in [3.63, 3.8) is 0 Å². The standard InChI is InChI=1S/C8H14N3O5P/c1-6(16-5-17(13,14)15)4-10-7-2-3-9-8(12)11-7/h2-3,6H,4-5H2,1H3,(H2,13,14,15)(H2,9,10,11,12). The Hall–Kier alpha value is -1.21. The van der Waals surface area contributed by atoms with E-state index in [1.807, 2.05) is 0 Å². The van der Waals surface area contributed by atoms with Gasteiger partial charge in [-0.05, 0) is 13.0 Å². The summed E-state index contributed by atoms with van der Waals surface area (Å²) in [6, 6.07) is 1.57. The third-order valence-corrected chi connectivity index (χ3v) is 2.25. The van der Waals surface area contributed by atoms with Crippen LogP contribution in [0.2, 0.25) is 0 Å². The maximum atomic E-state index is 10.9. The van der Waals surface area contributed by atoms with E-state index in [0.29, 0.717) is 5.82 Å². The summed E-state index contributed by atoms with van der Waals surface area (Å²) < 4.78 is 15.5. The Kier molecular flexibility index (Phi) is 4.83. The van der Waals surface area contributed by atoms with Crippen molar-refractivity contribution in [2.24, 2.45) is 0 Å². The Morgan fingerprint density at radius 2 is 2.35 bits per heavy atom. The smallest absolute Gasteiger partial charge is 0.350 e. The molecule has 1 rings (SSSR count). The first-order valence-corrected chi connectivity index (χ1v) is 6.62. The van der Waals surface area contributed by atoms with Crippen LogP contribution in [0.4, 0.5) is 5.82 Å². The molecule has 9 heteroatoms. The molecule has 0 saturated carbocycles. The van der Waals surface area contributed by atoms with E-state index in [1.54, 1.807) is 13.0 Å². The van der Waals surface area contributed by atoms with Crippen molar-refractivity contribution in [2.45, 2.75) is 13.0 Å². The van der Waals surface area contributed by atoms with Crippen LogP contribution in [0.15, 0.2) is 17.1 Å². The van der Waals surface area contributed by atoms with E-state index >= 15 is 0 Å². The van der Waals surface area contributed by atoms with Gasteiger partial charge in [0, 0.05) is 12.7 Å². The van der Waals surface area contributed by atoms with Crippen LogP contribution in [0.3, 0.4) is 0 Å². The van der Waals surface area contributed by atoms with Crippen molar-refractivity contribution < 1.29 is 19.1 Å². The van der Waals surface area contributed by atoms with Crippen molar-refractivity contribution in [2.75, 3.05) is 18.2 Å². The van der Waals surface area contributed by atoms with Crippen molar-refractivity contribution >= 4 is 13.4 Å². The molecule has 0 aromatic carbocycles. The molecule has 1 heterocycles. The topological polar surface area (TPSA) is 125 Å². The van der Waals surface area contributed by atoms with Gasteiger partial charge in [-0.25, -0.2) is 4.79 Å². The van der Waals surface area contributed by atoms with Gasteiger partial charge in [0.2, 0.25) is 0 Å². The summed E-state index contributed by atoms with van der Waals surface area (Å²) in [6.45, 7) is 1.94. The van der Waals surface area contributed by atoms with Gasteiger partial charge >= 0.3 is 13.3 Å². The summed E-state index contributed by atoms with van der Waals surface area (Å²) in [5.74, 6) is 0.375. The van der Waals surface area contributed by atoms with E-state index in [0.717, 1.165) is 0 Å². The molecule has 0 bridgehead atoms. The number of hydrogen-bond donors (Lipinski definition) is 4. The lowest BCUT2D eigenvalue weighted by Gasteiger charge is -2.14. The van der Waals surface area contributed by atoms with Crippen LogP contribution in [0.5, 0.6) is 0 Å². The molecule has 1 aromatic rings. The number of nitrogens with zero attached hydrogens (tertiary/aromatic N) is 1. The second-order valence-corrected chi connectivity index (χ2v) is 5.02. The zero-order valence-corrected chi connectivity index (χ0v) is 10.1. The number of ether oxygens (including phenoxy) is 1. The molecule has 1 aromatic heterocycles. The van der Waals surface area contributed by atoms with E-state index in [2.05, 4.69) is 15.3 Å². The average Bonchev–Trinajstić information content (AvgIpc) is 2.23. The van der Waals surface area contributed by atoms with Crippen LogP contribution < -0.4 is 11.0 Å². The molecule has 8 nitrogen and oxygen atoms in total. The van der Waals surface area contributed by atoms with Crippen LogP contribution in [0, 0.1) is 0 Å². The Bertz CT molecular complexity index is 456. The SMILES string of the molecule is CC(CNc1cc[nH]c(=O)n1)OCP(=O)(O)O. The van der Waals surface area contributed by atoms with Gasteiger partial charge in [0.05, 0.1) is 6.10 Å². The maximum Gasteiger partial charge on any atom is 0.350 e. The predicted octanol–water partition coefficient (Wildman–Crippen LogP) is -0.278. The molecule has 0 aliphatic carbocycles. The first kappa shape index (κ1) is 13.9. The van der Waals surface area contributed by atoms with Crippen LogP contribution in [-0.2, 0) is 9.30 Å². The predicted molar refractivity (Wildman–Crippen MR) is 60.8 cm³/mol. The molecule has 0 saturated heterocycles. The van der Waals surface area contributed by atoms with Crippen LogP contribution in [0.25, 0.3) is 0 Å². The molecule has 96 valence electrons. The zero-order chi connectivity index (χ0) is 12.9. The molecule has 17 heavy (non-hydrogen) atoms. The summed E-state index contributed by atoms with van der Waals surface area (Å²) in [7, 11) is -4.14. The molecule has 0 fully saturated rings. The van der Waals surface area contributed by atoms with E-state index in [4.69, 9.17) is 14.5 Å². The lowest BCUT2D eigenvalue weighted by molar-refractivity contribution is 0.0973. The number of rotatable bonds is 6. The largest absolute Gasteiger partial charge is 0.367 e. The maximum absolute atomic E-state index is 10.9. The molecule has 0 aliphatic heterocycles. The highest BCUT2D eigenvalue weighted by molar-refractivity contribution is 7.51. The summed E-state index contributed by atoms with van der Waals surface area (Å²) in [6.07, 6.45) is 0.404. The van der Waals surface area contributed by atoms with E-state index in [9.17, 15) is 9.36 Å². The van der Waals surface area contributed by atoms with E-state index in [1.165, 1.54) is 6.20 Å². The average molecular weight is 263 g/mol. The first-order chi connectivity index (χ1) is 7.87. The van der Waals surface area contributed by atoms with Gasteiger partial charge in [0.1, 0.15) is 12.2 Å². The molecule has 0 aliphatic rings. The molecular weight excluding hydrogens is 249 g/mol. The fourth-order valence-corrected chi connectivity index (χ4v) is 1.45. The highest BCUT2D eigenvalue weighted by atomic mass is 31.2. The van der Waals surface area contributed by atoms with Crippen molar-refractivity contribution in [1.29, 1.82) is 0 Å². The van der Waals surface area contributed by atoms with Crippen molar-refractivity contribution in [1.82, 2.24) is 9.97 Å². The number of anilines is 1. The monoisotopic (exact) mass is 263 g/mol. The lowest BCUT2D eigenvalue weighted by Crippen LogP contribution is -2.22. The fourth-order valence-electron chi connectivity index (χ4n) is 1.00. The van der Waals surface area contributed by atoms with Gasteiger partial charge in [-0.3, -0.25) is 4.57 Å². The Labute approximate surface area is 97.2 Å². The minimum Gasteiger partial charge on any atom is -0.367 e. The molecule has 0 radical (unpaired) electrons. The summed E-state index contributed by atoms with van der Waals surface area (Å²) in [5, 5.41) is 2.81. The molecule has 1 atom stereocenters. The summed E-state index contributed by atoms with van der Waals surface area (Å²) in [4.78, 5) is 34.0. The Morgan fingerprint density at radius 3 is 2.94 bits per heavy atom. The first-order valence-electron chi connectivity index (χ1n) is 4.82. The second-order valence-electron chi connectivity index (χ2n) is 3.43. The molecule has 1 unspecified atom stereocenters. The number of H-pyrrole nitrogens is 1. The normalized spacial score (nSPS) is 13.4. The zero-order valence-electron chi connectivity index (χ0n) is 9.16. The van der Waals surface area contributed by atoms with Gasteiger partial charge < -0.3 is 24.8 Å². The molecular formula is C8H14N3O5P. The molecule has 0 amide bonds. The van der Waals surface area contributed by atoms with Gasteiger partial charge in [-0.15, -0.1) is 0 Å². The second kappa shape index (κ2) is 5.92. The van der Waals surface area contributed by atoms with Crippen molar-refractivity contribution in [3.8, 4) is 0 Å². The van der Waals surface area contributed by atoms with Gasteiger partial charge in [-0.2, -0.15) is 4.98 Å². The van der Waals surface area contributed by atoms with E-state index in [-0.39, 0.29) is 6.54 Å². The van der Waals surface area contributed by atoms with Crippen LogP contribution >= 0.6 is 7.60 Å². The highest BCUT2D eigenvalue weighted by Gasteiger charge is 2.15. The number of aromatic nitrogens is 2. The van der Waals surface area contributed by atoms with Crippen LogP contribution in [0.1, 0.15) is 6.92 Å². The third-order valence-electron chi connectivity index (χ3n) is 1.77. The number of hydrogen-bond acceptors (Lipinski definition) is 5. The minimum absolute atomic E-state index is 0.288. The van der Waals surface area contributed by atoms with Crippen LogP contribution in [-0.4, -0.2) is 38.8 Å². The number of nitrogens with one attached hydrogen (secondary N) is 2. The van der Waals surface area contributed by atoms with Gasteiger partial charge in [0.25, 0.3) is 0 Å².